The fourth-order valence-electron chi connectivity index (χ4n) is 2.52. The number of sulfone groups is 1. The summed E-state index contributed by atoms with van der Waals surface area (Å²) in [5.41, 5.74) is -0.146. The zero-order valence-electron chi connectivity index (χ0n) is 14.7. The maximum absolute atomic E-state index is 12.3. The Balaban J connectivity index is 2.04. The van der Waals surface area contributed by atoms with Gasteiger partial charge in [-0.25, -0.2) is 13.2 Å². The second-order valence-corrected chi connectivity index (χ2v) is 8.29. The Morgan fingerprint density at radius 2 is 2.08 bits per heavy atom. The summed E-state index contributed by atoms with van der Waals surface area (Å²) < 4.78 is 34.5. The molecule has 2 rings (SSSR count). The number of amides is 1. The highest BCUT2D eigenvalue weighted by Crippen LogP contribution is 2.20. The summed E-state index contributed by atoms with van der Waals surface area (Å²) in [6.45, 7) is 2.54. The Labute approximate surface area is 152 Å². The van der Waals surface area contributed by atoms with Crippen LogP contribution in [0.5, 0.6) is 0 Å². The normalized spacial score (nSPS) is 18.9. The van der Waals surface area contributed by atoms with E-state index >= 15 is 0 Å². The Hall–Kier alpha value is -1.97. The molecular weight excluding hydrogens is 362 g/mol. The van der Waals surface area contributed by atoms with Gasteiger partial charge in [0.1, 0.15) is 6.10 Å². The number of hydrogen-bond acceptors (Lipinski definition) is 6. The SMILES string of the molecule is CC(OCC1CCCCO1)C(=O)Nc1cc(C(=O)O)cc(S(C)(=O)=O)c1. The van der Waals surface area contributed by atoms with Gasteiger partial charge in [0.15, 0.2) is 9.84 Å². The van der Waals surface area contributed by atoms with Crippen molar-refractivity contribution in [1.82, 2.24) is 0 Å². The summed E-state index contributed by atoms with van der Waals surface area (Å²) in [7, 11) is -3.62. The number of carboxylic acid groups (broad SMARTS) is 1. The highest BCUT2D eigenvalue weighted by atomic mass is 32.2. The topological polar surface area (TPSA) is 119 Å². The van der Waals surface area contributed by atoms with Gasteiger partial charge in [-0.2, -0.15) is 0 Å². The van der Waals surface area contributed by atoms with Gasteiger partial charge in [0.25, 0.3) is 5.91 Å². The number of ether oxygens (including phenoxy) is 2. The molecule has 0 radical (unpaired) electrons. The fourth-order valence-corrected chi connectivity index (χ4v) is 3.20. The number of rotatable bonds is 7. The highest BCUT2D eigenvalue weighted by Gasteiger charge is 2.20. The fraction of sp³-hybridized carbons (Fsp3) is 0.529. The molecule has 0 bridgehead atoms. The third kappa shape index (κ3) is 5.79. The highest BCUT2D eigenvalue weighted by molar-refractivity contribution is 7.90. The molecule has 1 fully saturated rings. The van der Waals surface area contributed by atoms with E-state index in [0.29, 0.717) is 13.2 Å². The molecule has 144 valence electrons. The molecule has 26 heavy (non-hydrogen) atoms. The van der Waals surface area contributed by atoms with Gasteiger partial charge >= 0.3 is 5.97 Å². The van der Waals surface area contributed by atoms with Crippen LogP contribution in [0.2, 0.25) is 0 Å². The second-order valence-electron chi connectivity index (χ2n) is 6.28. The average molecular weight is 385 g/mol. The number of carbonyl (C=O) groups is 2. The van der Waals surface area contributed by atoms with Crippen molar-refractivity contribution in [2.75, 3.05) is 24.8 Å². The molecule has 1 saturated heterocycles. The minimum atomic E-state index is -3.62. The Bertz CT molecular complexity index is 769. The number of anilines is 1. The van der Waals surface area contributed by atoms with E-state index in [1.165, 1.54) is 12.1 Å². The van der Waals surface area contributed by atoms with Crippen LogP contribution in [0.25, 0.3) is 0 Å². The van der Waals surface area contributed by atoms with Crippen LogP contribution < -0.4 is 5.32 Å². The summed E-state index contributed by atoms with van der Waals surface area (Å²) in [6.07, 6.45) is 3.10. The second kappa shape index (κ2) is 8.61. The minimum absolute atomic E-state index is 0.0359. The maximum Gasteiger partial charge on any atom is 0.335 e. The predicted molar refractivity (Wildman–Crippen MR) is 94.1 cm³/mol. The van der Waals surface area contributed by atoms with E-state index in [9.17, 15) is 18.0 Å². The van der Waals surface area contributed by atoms with Crippen LogP contribution in [0.3, 0.4) is 0 Å². The van der Waals surface area contributed by atoms with E-state index in [2.05, 4.69) is 5.32 Å². The van der Waals surface area contributed by atoms with Crippen LogP contribution in [0.1, 0.15) is 36.5 Å². The summed E-state index contributed by atoms with van der Waals surface area (Å²) in [5.74, 6) is -1.78. The molecular formula is C17H23NO7S. The van der Waals surface area contributed by atoms with Gasteiger partial charge in [-0.1, -0.05) is 0 Å². The van der Waals surface area contributed by atoms with Gasteiger partial charge in [-0.05, 0) is 44.4 Å². The van der Waals surface area contributed by atoms with Crippen molar-refractivity contribution >= 4 is 27.4 Å². The zero-order valence-corrected chi connectivity index (χ0v) is 15.5. The Kier molecular flexibility index (Phi) is 6.74. The molecule has 1 aromatic carbocycles. The zero-order chi connectivity index (χ0) is 19.3. The van der Waals surface area contributed by atoms with E-state index in [-0.39, 0.29) is 22.3 Å². The molecule has 0 saturated carbocycles. The summed E-state index contributed by atoms with van der Waals surface area (Å²) in [4.78, 5) is 23.3. The van der Waals surface area contributed by atoms with Gasteiger partial charge in [0.05, 0.1) is 23.2 Å². The van der Waals surface area contributed by atoms with Crippen LogP contribution in [0.15, 0.2) is 23.1 Å². The summed E-state index contributed by atoms with van der Waals surface area (Å²) in [5, 5.41) is 11.6. The molecule has 0 spiro atoms. The molecule has 1 aliphatic rings. The van der Waals surface area contributed by atoms with Crippen LogP contribution in [-0.2, 0) is 24.1 Å². The lowest BCUT2D eigenvalue weighted by Gasteiger charge is -2.24. The van der Waals surface area contributed by atoms with Crippen molar-refractivity contribution in [3.63, 3.8) is 0 Å². The Morgan fingerprint density at radius 3 is 2.65 bits per heavy atom. The number of nitrogens with one attached hydrogen (secondary N) is 1. The first-order valence-corrected chi connectivity index (χ1v) is 10.2. The van der Waals surface area contributed by atoms with Gasteiger partial charge < -0.3 is 19.9 Å². The van der Waals surface area contributed by atoms with E-state index in [1.54, 1.807) is 6.92 Å². The summed E-state index contributed by atoms with van der Waals surface area (Å²) in [6, 6.07) is 3.47. The largest absolute Gasteiger partial charge is 0.478 e. The van der Waals surface area contributed by atoms with E-state index in [1.807, 2.05) is 0 Å². The third-order valence-corrected chi connectivity index (χ3v) is 5.12. The molecule has 1 amide bonds. The standard InChI is InChI=1S/C17H23NO7S/c1-11(25-10-14-5-3-4-6-24-14)16(19)18-13-7-12(17(20)21)8-15(9-13)26(2,22)23/h7-9,11,14H,3-6,10H2,1-2H3,(H,18,19)(H,20,21). The molecule has 1 aliphatic heterocycles. The number of carboxylic acids is 1. The summed E-state index contributed by atoms with van der Waals surface area (Å²) >= 11 is 0. The lowest BCUT2D eigenvalue weighted by atomic mass is 10.1. The number of aromatic carboxylic acids is 1. The third-order valence-electron chi connectivity index (χ3n) is 4.02. The molecule has 2 N–H and O–H groups in total. The molecule has 1 heterocycles. The monoisotopic (exact) mass is 385 g/mol. The quantitative estimate of drug-likeness (QED) is 0.733. The number of carbonyl (C=O) groups excluding carboxylic acids is 1. The molecule has 2 atom stereocenters. The van der Waals surface area contributed by atoms with Crippen molar-refractivity contribution in [1.29, 1.82) is 0 Å². The van der Waals surface area contributed by atoms with Crippen molar-refractivity contribution in [3.8, 4) is 0 Å². The van der Waals surface area contributed by atoms with E-state index in [4.69, 9.17) is 14.6 Å². The first-order chi connectivity index (χ1) is 12.2. The van der Waals surface area contributed by atoms with Crippen LogP contribution >= 0.6 is 0 Å². The van der Waals surface area contributed by atoms with Crippen LogP contribution in [0.4, 0.5) is 5.69 Å². The first kappa shape index (κ1) is 20.3. The van der Waals surface area contributed by atoms with Crippen molar-refractivity contribution in [3.05, 3.63) is 23.8 Å². The van der Waals surface area contributed by atoms with E-state index in [0.717, 1.165) is 31.6 Å². The molecule has 1 aromatic rings. The van der Waals surface area contributed by atoms with Crippen molar-refractivity contribution < 1.29 is 32.6 Å². The molecule has 0 aromatic heterocycles. The van der Waals surface area contributed by atoms with E-state index < -0.39 is 27.8 Å². The van der Waals surface area contributed by atoms with Gasteiger partial charge in [0, 0.05) is 18.6 Å². The lowest BCUT2D eigenvalue weighted by Crippen LogP contribution is -2.32. The van der Waals surface area contributed by atoms with Crippen molar-refractivity contribution in [2.45, 2.75) is 43.3 Å². The van der Waals surface area contributed by atoms with Gasteiger partial charge in [0.2, 0.25) is 0 Å². The maximum atomic E-state index is 12.3. The molecule has 0 aliphatic carbocycles. The van der Waals surface area contributed by atoms with Gasteiger partial charge in [-0.3, -0.25) is 4.79 Å². The lowest BCUT2D eigenvalue weighted by molar-refractivity contribution is -0.130. The average Bonchev–Trinajstić information content (AvgIpc) is 2.59. The van der Waals surface area contributed by atoms with Crippen LogP contribution in [0, 0.1) is 0 Å². The van der Waals surface area contributed by atoms with Gasteiger partial charge in [-0.15, -0.1) is 0 Å². The first-order valence-electron chi connectivity index (χ1n) is 8.29. The molecule has 9 heteroatoms. The smallest absolute Gasteiger partial charge is 0.335 e. The minimum Gasteiger partial charge on any atom is -0.478 e. The molecule has 8 nitrogen and oxygen atoms in total. The Morgan fingerprint density at radius 1 is 1.35 bits per heavy atom. The van der Waals surface area contributed by atoms with Crippen molar-refractivity contribution in [2.24, 2.45) is 0 Å². The number of hydrogen-bond donors (Lipinski definition) is 2. The number of benzene rings is 1. The molecule has 2 unspecified atom stereocenters. The van der Waals surface area contributed by atoms with Crippen LogP contribution in [-0.4, -0.2) is 57.1 Å². The predicted octanol–water partition coefficient (Wildman–Crippen LogP) is 1.70.